The monoisotopic (exact) mass is 328 g/mol. The zero-order chi connectivity index (χ0) is 16.2. The molecule has 0 amide bonds. The Morgan fingerprint density at radius 1 is 0.783 bits per heavy atom. The molecule has 0 spiro atoms. The van der Waals surface area contributed by atoms with Gasteiger partial charge in [0, 0.05) is 23.3 Å². The molecule has 1 saturated heterocycles. The van der Waals surface area contributed by atoms with Gasteiger partial charge in [0.2, 0.25) is 0 Å². The quantitative estimate of drug-likeness (QED) is 0.823. The molecular weight excluding hydrogens is 308 g/mol. The zero-order valence-electron chi connectivity index (χ0n) is 13.3. The number of hydrogen-bond donors (Lipinski definition) is 0. The van der Waals surface area contributed by atoms with Crippen molar-refractivity contribution in [1.82, 2.24) is 0 Å². The van der Waals surface area contributed by atoms with E-state index in [2.05, 4.69) is 24.3 Å². The zero-order valence-corrected chi connectivity index (χ0v) is 14.1. The summed E-state index contributed by atoms with van der Waals surface area (Å²) in [4.78, 5) is 12.2. The summed E-state index contributed by atoms with van der Waals surface area (Å²) in [6.07, 6.45) is 1.20. The van der Waals surface area contributed by atoms with Gasteiger partial charge < -0.3 is 9.47 Å². The molecule has 1 aliphatic rings. The van der Waals surface area contributed by atoms with Gasteiger partial charge in [-0.3, -0.25) is 4.79 Å². The first-order valence-corrected chi connectivity index (χ1v) is 8.59. The van der Waals surface area contributed by atoms with Crippen molar-refractivity contribution < 1.29 is 14.3 Å². The van der Waals surface area contributed by atoms with Crippen LogP contribution in [0.3, 0.4) is 0 Å². The number of carbonyl (C=O) groups is 1. The smallest absolute Gasteiger partial charge is 0.135 e. The largest absolute Gasteiger partial charge is 0.497 e. The second kappa shape index (κ2) is 7.09. The maximum Gasteiger partial charge on any atom is 0.135 e. The van der Waals surface area contributed by atoms with Crippen molar-refractivity contribution in [1.29, 1.82) is 0 Å². The van der Waals surface area contributed by atoms with Gasteiger partial charge in [0.05, 0.1) is 14.2 Å². The predicted molar refractivity (Wildman–Crippen MR) is 93.3 cm³/mol. The number of carbonyl (C=O) groups excluding carboxylic acids is 1. The minimum atomic E-state index is 0.203. The molecule has 3 nitrogen and oxygen atoms in total. The Labute approximate surface area is 141 Å². The molecule has 4 heteroatoms. The molecule has 2 aromatic rings. The lowest BCUT2D eigenvalue weighted by Gasteiger charge is -2.28. The highest BCUT2D eigenvalue weighted by Gasteiger charge is 2.29. The van der Waals surface area contributed by atoms with E-state index in [-0.39, 0.29) is 10.5 Å². The predicted octanol–water partition coefficient (Wildman–Crippen LogP) is 4.58. The normalized spacial score (nSPS) is 21.0. The first-order valence-electron chi connectivity index (χ1n) is 7.64. The van der Waals surface area contributed by atoms with Crippen LogP contribution in [0, 0.1) is 0 Å². The van der Waals surface area contributed by atoms with Crippen molar-refractivity contribution in [3.63, 3.8) is 0 Å². The number of benzene rings is 2. The third-order valence-corrected chi connectivity index (χ3v) is 5.66. The van der Waals surface area contributed by atoms with Crippen LogP contribution in [-0.2, 0) is 4.79 Å². The van der Waals surface area contributed by atoms with Gasteiger partial charge in [0.1, 0.15) is 17.3 Å². The average molecular weight is 328 g/mol. The average Bonchev–Trinajstić information content (AvgIpc) is 2.61. The van der Waals surface area contributed by atoms with Gasteiger partial charge in [-0.15, -0.1) is 11.8 Å². The highest BCUT2D eigenvalue weighted by atomic mass is 32.2. The number of methoxy groups -OCH3 is 2. The van der Waals surface area contributed by atoms with Gasteiger partial charge in [0.25, 0.3) is 0 Å². The Kier molecular flexibility index (Phi) is 4.91. The Bertz CT molecular complexity index is 607. The highest BCUT2D eigenvalue weighted by Crippen LogP contribution is 2.49. The van der Waals surface area contributed by atoms with Crippen LogP contribution in [0.2, 0.25) is 0 Å². The minimum Gasteiger partial charge on any atom is -0.497 e. The molecule has 120 valence electrons. The lowest BCUT2D eigenvalue weighted by Crippen LogP contribution is -2.15. The van der Waals surface area contributed by atoms with Gasteiger partial charge in [-0.25, -0.2) is 0 Å². The molecule has 0 aromatic heterocycles. The summed E-state index contributed by atoms with van der Waals surface area (Å²) in [5, 5.41) is 0.406. The molecule has 0 saturated carbocycles. The van der Waals surface area contributed by atoms with Crippen molar-refractivity contribution in [2.75, 3.05) is 14.2 Å². The van der Waals surface area contributed by atoms with Crippen LogP contribution >= 0.6 is 11.8 Å². The summed E-state index contributed by atoms with van der Waals surface area (Å²) >= 11 is 1.87. The molecule has 2 aromatic carbocycles. The molecule has 3 rings (SSSR count). The standard InChI is InChI=1S/C19H20O3S/c1-21-16-7-3-13(4-8-16)18-11-15(20)12-19(23-18)14-5-9-17(22-2)10-6-14/h3-10,18-19H,11-12H2,1-2H3/t18-,19-/m0/s1. The van der Waals surface area contributed by atoms with Gasteiger partial charge >= 0.3 is 0 Å². The minimum absolute atomic E-state index is 0.203. The molecule has 1 aliphatic heterocycles. The Morgan fingerprint density at radius 2 is 1.17 bits per heavy atom. The first-order chi connectivity index (χ1) is 11.2. The van der Waals surface area contributed by atoms with E-state index >= 15 is 0 Å². The Morgan fingerprint density at radius 3 is 1.52 bits per heavy atom. The molecule has 0 N–H and O–H groups in total. The van der Waals surface area contributed by atoms with E-state index in [0.29, 0.717) is 18.6 Å². The summed E-state index contributed by atoms with van der Waals surface area (Å²) in [5.41, 5.74) is 2.37. The van der Waals surface area contributed by atoms with E-state index in [1.807, 2.05) is 36.0 Å². The van der Waals surface area contributed by atoms with Gasteiger partial charge in [-0.1, -0.05) is 24.3 Å². The first kappa shape index (κ1) is 15.9. The van der Waals surface area contributed by atoms with Crippen LogP contribution < -0.4 is 9.47 Å². The molecule has 1 heterocycles. The molecule has 0 bridgehead atoms. The fourth-order valence-corrected chi connectivity index (χ4v) is 4.41. The third kappa shape index (κ3) is 3.70. The van der Waals surface area contributed by atoms with Crippen LogP contribution in [0.25, 0.3) is 0 Å². The van der Waals surface area contributed by atoms with E-state index in [0.717, 1.165) is 11.5 Å². The van der Waals surface area contributed by atoms with Gasteiger partial charge in [-0.2, -0.15) is 0 Å². The van der Waals surface area contributed by atoms with Gasteiger partial charge in [0.15, 0.2) is 0 Å². The highest BCUT2D eigenvalue weighted by molar-refractivity contribution is 7.99. The SMILES string of the molecule is COc1ccc([C@@H]2CC(=O)C[C@@H](c3ccc(OC)cc3)S2)cc1. The van der Waals surface area contributed by atoms with Crippen molar-refractivity contribution in [2.24, 2.45) is 0 Å². The number of ether oxygens (including phenoxy) is 2. The maximum absolute atomic E-state index is 12.2. The summed E-state index contributed by atoms with van der Waals surface area (Å²) in [5.74, 6) is 2.01. The summed E-state index contributed by atoms with van der Waals surface area (Å²) < 4.78 is 10.4. The lowest BCUT2D eigenvalue weighted by molar-refractivity contribution is -0.119. The topological polar surface area (TPSA) is 35.5 Å². The summed E-state index contributed by atoms with van der Waals surface area (Å²) in [6, 6.07) is 16.0. The second-order valence-electron chi connectivity index (χ2n) is 5.61. The number of rotatable bonds is 4. The molecule has 0 radical (unpaired) electrons. The summed E-state index contributed by atoms with van der Waals surface area (Å²) in [6.45, 7) is 0. The number of thioether (sulfide) groups is 1. The van der Waals surface area contributed by atoms with Crippen molar-refractivity contribution in [3.8, 4) is 11.5 Å². The summed E-state index contributed by atoms with van der Waals surface area (Å²) in [7, 11) is 3.32. The van der Waals surface area contributed by atoms with Crippen LogP contribution in [-0.4, -0.2) is 20.0 Å². The lowest BCUT2D eigenvalue weighted by atomic mass is 10.0. The van der Waals surface area contributed by atoms with E-state index < -0.39 is 0 Å². The number of hydrogen-bond acceptors (Lipinski definition) is 4. The van der Waals surface area contributed by atoms with Crippen LogP contribution in [0.1, 0.15) is 34.5 Å². The fourth-order valence-electron chi connectivity index (χ4n) is 2.82. The van der Waals surface area contributed by atoms with Crippen molar-refractivity contribution in [2.45, 2.75) is 23.3 Å². The molecule has 1 fully saturated rings. The van der Waals surface area contributed by atoms with Gasteiger partial charge in [-0.05, 0) is 35.4 Å². The van der Waals surface area contributed by atoms with E-state index in [1.54, 1.807) is 14.2 Å². The Balaban J connectivity index is 1.78. The molecule has 0 unspecified atom stereocenters. The Hall–Kier alpha value is -1.94. The number of Topliss-reactive ketones (excluding diaryl/α,β-unsaturated/α-hetero) is 1. The van der Waals surface area contributed by atoms with Crippen molar-refractivity contribution >= 4 is 17.5 Å². The van der Waals surface area contributed by atoms with Crippen LogP contribution in [0.15, 0.2) is 48.5 Å². The fraction of sp³-hybridized carbons (Fsp3) is 0.316. The molecule has 0 aliphatic carbocycles. The van der Waals surface area contributed by atoms with E-state index in [1.165, 1.54) is 11.1 Å². The van der Waals surface area contributed by atoms with E-state index in [9.17, 15) is 4.79 Å². The maximum atomic E-state index is 12.2. The van der Waals surface area contributed by atoms with Crippen molar-refractivity contribution in [3.05, 3.63) is 59.7 Å². The van der Waals surface area contributed by atoms with Crippen LogP contribution in [0.4, 0.5) is 0 Å². The molecule has 2 atom stereocenters. The number of ketones is 1. The third-order valence-electron chi connectivity index (χ3n) is 4.13. The second-order valence-corrected chi connectivity index (χ2v) is 7.02. The van der Waals surface area contributed by atoms with E-state index in [4.69, 9.17) is 9.47 Å². The molecular formula is C19H20O3S. The van der Waals surface area contributed by atoms with Crippen LogP contribution in [0.5, 0.6) is 11.5 Å². The molecule has 23 heavy (non-hydrogen) atoms.